The van der Waals surface area contributed by atoms with Gasteiger partial charge < -0.3 is 15.0 Å². The number of hydrogen-bond acceptors (Lipinski definition) is 3. The summed E-state index contributed by atoms with van der Waals surface area (Å²) in [7, 11) is 1.82. The monoisotopic (exact) mass is 333 g/mol. The Balaban J connectivity index is 1.57. The number of aryl methyl sites for hydroxylation is 1. The lowest BCUT2D eigenvalue weighted by atomic mass is 10.0. The number of aromatic nitrogens is 2. The normalized spacial score (nSPS) is 20.4. The van der Waals surface area contributed by atoms with E-state index < -0.39 is 11.9 Å². The van der Waals surface area contributed by atoms with E-state index in [-0.39, 0.29) is 17.6 Å². The number of benzene rings is 1. The Hall–Kier alpha value is -2.44. The van der Waals surface area contributed by atoms with Crippen molar-refractivity contribution in [3.8, 4) is 0 Å². The first-order chi connectivity index (χ1) is 11.5. The van der Waals surface area contributed by atoms with Crippen LogP contribution in [0.15, 0.2) is 18.2 Å². The zero-order valence-corrected chi connectivity index (χ0v) is 13.5. The van der Waals surface area contributed by atoms with E-state index in [4.69, 9.17) is 5.11 Å². The second-order valence-electron chi connectivity index (χ2n) is 6.28. The third kappa shape index (κ3) is 3.11. The van der Waals surface area contributed by atoms with Crippen molar-refractivity contribution in [2.45, 2.75) is 25.7 Å². The molecule has 0 radical (unpaired) electrons. The SMILES string of the molecule is Cn1c(CCNC(=O)[C@@H]2CC[C@H](C(=O)O)C2)nc2c(F)cccc21. The maximum absolute atomic E-state index is 13.7. The van der Waals surface area contributed by atoms with E-state index in [0.29, 0.717) is 43.6 Å². The number of hydrogen-bond donors (Lipinski definition) is 2. The van der Waals surface area contributed by atoms with Gasteiger partial charge in [0, 0.05) is 25.9 Å². The fourth-order valence-corrected chi connectivity index (χ4v) is 3.34. The van der Waals surface area contributed by atoms with Crippen LogP contribution < -0.4 is 5.32 Å². The smallest absolute Gasteiger partial charge is 0.306 e. The molecule has 6 nitrogen and oxygen atoms in total. The molecular weight excluding hydrogens is 313 g/mol. The van der Waals surface area contributed by atoms with Crippen LogP contribution in [0.25, 0.3) is 11.0 Å². The molecule has 2 N–H and O–H groups in total. The summed E-state index contributed by atoms with van der Waals surface area (Å²) < 4.78 is 15.6. The molecule has 1 aromatic carbocycles. The minimum Gasteiger partial charge on any atom is -0.481 e. The number of carbonyl (C=O) groups excluding carboxylic acids is 1. The summed E-state index contributed by atoms with van der Waals surface area (Å²) in [5.41, 5.74) is 1.05. The number of aliphatic carboxylic acids is 1. The molecule has 0 bridgehead atoms. The van der Waals surface area contributed by atoms with Crippen molar-refractivity contribution < 1.29 is 19.1 Å². The van der Waals surface area contributed by atoms with Crippen molar-refractivity contribution >= 4 is 22.9 Å². The average Bonchev–Trinajstić information content (AvgIpc) is 3.15. The number of nitrogens with one attached hydrogen (secondary N) is 1. The quantitative estimate of drug-likeness (QED) is 0.875. The van der Waals surface area contributed by atoms with Crippen LogP contribution in [0.5, 0.6) is 0 Å². The zero-order valence-electron chi connectivity index (χ0n) is 13.5. The summed E-state index contributed by atoms with van der Waals surface area (Å²) in [5.74, 6) is -1.24. The van der Waals surface area contributed by atoms with Crippen LogP contribution in [0.4, 0.5) is 4.39 Å². The van der Waals surface area contributed by atoms with Crippen molar-refractivity contribution in [3.63, 3.8) is 0 Å². The molecule has 1 aromatic heterocycles. The third-order valence-corrected chi connectivity index (χ3v) is 4.76. The van der Waals surface area contributed by atoms with Gasteiger partial charge in [0.25, 0.3) is 0 Å². The van der Waals surface area contributed by atoms with Crippen molar-refractivity contribution in [2.24, 2.45) is 18.9 Å². The van der Waals surface area contributed by atoms with Gasteiger partial charge in [-0.05, 0) is 31.4 Å². The van der Waals surface area contributed by atoms with Crippen LogP contribution in [0.2, 0.25) is 0 Å². The lowest BCUT2D eigenvalue weighted by Gasteiger charge is -2.10. The number of halogens is 1. The van der Waals surface area contributed by atoms with E-state index in [1.165, 1.54) is 6.07 Å². The predicted molar refractivity (Wildman–Crippen MR) is 85.9 cm³/mol. The van der Waals surface area contributed by atoms with E-state index in [0.717, 1.165) is 5.52 Å². The molecule has 1 fully saturated rings. The number of para-hydroxylation sites is 1. The average molecular weight is 333 g/mol. The number of rotatable bonds is 5. The van der Waals surface area contributed by atoms with Crippen LogP contribution >= 0.6 is 0 Å². The first kappa shape index (κ1) is 16.4. The Kier molecular flexibility index (Phi) is 4.51. The predicted octanol–water partition coefficient (Wildman–Crippen LogP) is 1.87. The second kappa shape index (κ2) is 6.59. The molecule has 2 aromatic rings. The van der Waals surface area contributed by atoms with Crippen LogP contribution in [0.1, 0.15) is 25.1 Å². The highest BCUT2D eigenvalue weighted by molar-refractivity contribution is 5.81. The van der Waals surface area contributed by atoms with Crippen LogP contribution in [-0.4, -0.2) is 33.1 Å². The molecule has 1 saturated carbocycles. The van der Waals surface area contributed by atoms with Crippen LogP contribution in [-0.2, 0) is 23.1 Å². The highest BCUT2D eigenvalue weighted by Gasteiger charge is 2.33. The molecule has 0 aliphatic heterocycles. The molecule has 1 aliphatic carbocycles. The lowest BCUT2D eigenvalue weighted by Crippen LogP contribution is -2.31. The Labute approximate surface area is 138 Å². The first-order valence-corrected chi connectivity index (χ1v) is 8.07. The second-order valence-corrected chi connectivity index (χ2v) is 6.28. The molecule has 3 rings (SSSR count). The Morgan fingerprint density at radius 1 is 1.38 bits per heavy atom. The van der Waals surface area contributed by atoms with Gasteiger partial charge in [0.05, 0.1) is 11.4 Å². The summed E-state index contributed by atoms with van der Waals surface area (Å²) in [6, 6.07) is 4.82. The Morgan fingerprint density at radius 3 is 2.79 bits per heavy atom. The molecule has 0 unspecified atom stereocenters. The van der Waals surface area contributed by atoms with Gasteiger partial charge in [-0.2, -0.15) is 0 Å². The van der Waals surface area contributed by atoms with E-state index in [1.54, 1.807) is 12.1 Å². The van der Waals surface area contributed by atoms with E-state index in [1.807, 2.05) is 11.6 Å². The van der Waals surface area contributed by atoms with Crippen molar-refractivity contribution in [1.29, 1.82) is 0 Å². The van der Waals surface area contributed by atoms with Gasteiger partial charge in [-0.15, -0.1) is 0 Å². The number of nitrogens with zero attached hydrogens (tertiary/aromatic N) is 2. The van der Waals surface area contributed by atoms with Crippen LogP contribution in [0, 0.1) is 17.7 Å². The van der Waals surface area contributed by atoms with Gasteiger partial charge in [0.15, 0.2) is 5.82 Å². The minimum absolute atomic E-state index is 0.108. The van der Waals surface area contributed by atoms with Crippen molar-refractivity contribution in [1.82, 2.24) is 14.9 Å². The molecule has 24 heavy (non-hydrogen) atoms. The summed E-state index contributed by atoms with van der Waals surface area (Å²) in [4.78, 5) is 27.4. The van der Waals surface area contributed by atoms with Crippen molar-refractivity contribution in [3.05, 3.63) is 29.8 Å². The number of carboxylic acids is 1. The van der Waals surface area contributed by atoms with Gasteiger partial charge in [-0.1, -0.05) is 6.07 Å². The summed E-state index contributed by atoms with van der Waals surface area (Å²) in [6.45, 7) is 0.395. The third-order valence-electron chi connectivity index (χ3n) is 4.76. The fourth-order valence-electron chi connectivity index (χ4n) is 3.34. The molecule has 2 atom stereocenters. The highest BCUT2D eigenvalue weighted by atomic mass is 19.1. The van der Waals surface area contributed by atoms with E-state index in [9.17, 15) is 14.0 Å². The van der Waals surface area contributed by atoms with E-state index >= 15 is 0 Å². The number of carbonyl (C=O) groups is 2. The van der Waals surface area contributed by atoms with Gasteiger partial charge in [0.1, 0.15) is 11.3 Å². The maximum atomic E-state index is 13.7. The van der Waals surface area contributed by atoms with Crippen molar-refractivity contribution in [2.75, 3.05) is 6.54 Å². The molecule has 1 amide bonds. The molecule has 7 heteroatoms. The standard InChI is InChI=1S/C17H20FN3O3/c1-21-13-4-2-3-12(18)15(13)20-14(21)7-8-19-16(22)10-5-6-11(9-10)17(23)24/h2-4,10-11H,5-9H2,1H3,(H,19,22)(H,23,24)/t10-,11+/m1/s1. The fraction of sp³-hybridized carbons (Fsp3) is 0.471. The van der Waals surface area contributed by atoms with Gasteiger partial charge in [-0.25, -0.2) is 9.37 Å². The molecular formula is C17H20FN3O3. The topological polar surface area (TPSA) is 84.2 Å². The van der Waals surface area contributed by atoms with Gasteiger partial charge in [0.2, 0.25) is 5.91 Å². The minimum atomic E-state index is -0.827. The Morgan fingerprint density at radius 2 is 2.12 bits per heavy atom. The van der Waals surface area contributed by atoms with Crippen LogP contribution in [0.3, 0.4) is 0 Å². The largest absolute Gasteiger partial charge is 0.481 e. The summed E-state index contributed by atoms with van der Waals surface area (Å²) in [5, 5.41) is 11.8. The zero-order chi connectivity index (χ0) is 17.3. The molecule has 0 spiro atoms. The highest BCUT2D eigenvalue weighted by Crippen LogP contribution is 2.31. The Bertz CT molecular complexity index is 787. The molecule has 0 saturated heterocycles. The summed E-state index contributed by atoms with van der Waals surface area (Å²) in [6.07, 6.45) is 2.06. The lowest BCUT2D eigenvalue weighted by molar-refractivity contribution is -0.141. The number of imidazole rings is 1. The van der Waals surface area contributed by atoms with Gasteiger partial charge >= 0.3 is 5.97 Å². The maximum Gasteiger partial charge on any atom is 0.306 e. The number of fused-ring (bicyclic) bond motifs is 1. The molecule has 1 aliphatic rings. The summed E-state index contributed by atoms with van der Waals surface area (Å²) >= 11 is 0. The molecule has 128 valence electrons. The number of amides is 1. The molecule has 1 heterocycles. The van der Waals surface area contributed by atoms with E-state index in [2.05, 4.69) is 10.3 Å². The first-order valence-electron chi connectivity index (χ1n) is 8.07. The number of carboxylic acid groups (broad SMARTS) is 1. The van der Waals surface area contributed by atoms with Gasteiger partial charge in [-0.3, -0.25) is 9.59 Å².